The molecule has 1 saturated heterocycles. The Labute approximate surface area is 93.8 Å². The topological polar surface area (TPSA) is 21.3 Å². The lowest BCUT2D eigenvalue weighted by molar-refractivity contribution is 0.0580. The molecule has 88 valence electrons. The van der Waals surface area contributed by atoms with Gasteiger partial charge in [0, 0.05) is 19.3 Å². The molecule has 0 aromatic rings. The van der Waals surface area contributed by atoms with Crippen LogP contribution in [-0.2, 0) is 4.74 Å². The third kappa shape index (κ3) is 3.18. The van der Waals surface area contributed by atoms with Crippen molar-refractivity contribution in [1.29, 1.82) is 0 Å². The summed E-state index contributed by atoms with van der Waals surface area (Å²) < 4.78 is 5.41. The van der Waals surface area contributed by atoms with E-state index in [1.807, 2.05) is 0 Å². The Morgan fingerprint density at radius 1 is 1.20 bits per heavy atom. The first-order valence-electron chi connectivity index (χ1n) is 6.56. The van der Waals surface area contributed by atoms with E-state index in [0.717, 1.165) is 37.0 Å². The van der Waals surface area contributed by atoms with Crippen LogP contribution in [0.3, 0.4) is 0 Å². The fourth-order valence-corrected chi connectivity index (χ4v) is 2.89. The molecule has 0 radical (unpaired) electrons. The van der Waals surface area contributed by atoms with Gasteiger partial charge in [-0.2, -0.15) is 0 Å². The van der Waals surface area contributed by atoms with Gasteiger partial charge in [0.1, 0.15) is 0 Å². The Bertz CT molecular complexity index is 185. The average molecular weight is 211 g/mol. The van der Waals surface area contributed by atoms with Gasteiger partial charge in [0.15, 0.2) is 0 Å². The predicted molar refractivity (Wildman–Crippen MR) is 62.9 cm³/mol. The van der Waals surface area contributed by atoms with E-state index < -0.39 is 0 Å². The highest BCUT2D eigenvalue weighted by Gasteiger charge is 2.33. The number of hydrogen-bond acceptors (Lipinski definition) is 2. The molecule has 1 saturated carbocycles. The third-order valence-electron chi connectivity index (χ3n) is 4.30. The zero-order valence-electron chi connectivity index (χ0n) is 10.2. The molecule has 0 amide bonds. The molecule has 1 aliphatic heterocycles. The second kappa shape index (κ2) is 5.31. The molecule has 2 rings (SSSR count). The second-order valence-electron chi connectivity index (χ2n) is 5.38. The van der Waals surface area contributed by atoms with E-state index in [9.17, 15) is 0 Å². The standard InChI is InChI=1S/C13H25NO/c1-10(12-3-4-12)13(14-2)9-11-5-7-15-8-6-11/h10-14H,3-9H2,1-2H3. The minimum Gasteiger partial charge on any atom is -0.381 e. The van der Waals surface area contributed by atoms with Crippen molar-refractivity contribution in [2.75, 3.05) is 20.3 Å². The summed E-state index contributed by atoms with van der Waals surface area (Å²) in [5, 5.41) is 3.53. The van der Waals surface area contributed by atoms with E-state index in [4.69, 9.17) is 4.74 Å². The molecule has 2 unspecified atom stereocenters. The van der Waals surface area contributed by atoms with E-state index in [0.29, 0.717) is 0 Å². The Hall–Kier alpha value is -0.0800. The zero-order valence-corrected chi connectivity index (χ0v) is 10.2. The molecule has 0 aromatic heterocycles. The van der Waals surface area contributed by atoms with Gasteiger partial charge in [-0.15, -0.1) is 0 Å². The Morgan fingerprint density at radius 2 is 1.87 bits per heavy atom. The van der Waals surface area contributed by atoms with Crippen molar-refractivity contribution >= 4 is 0 Å². The molecule has 2 atom stereocenters. The molecule has 1 aliphatic carbocycles. The average Bonchev–Trinajstić information content (AvgIpc) is 3.10. The minimum absolute atomic E-state index is 0.737. The normalized spacial score (nSPS) is 27.6. The summed E-state index contributed by atoms with van der Waals surface area (Å²) in [6, 6.07) is 0.737. The largest absolute Gasteiger partial charge is 0.381 e. The van der Waals surface area contributed by atoms with Crippen molar-refractivity contribution in [3.05, 3.63) is 0 Å². The van der Waals surface area contributed by atoms with Gasteiger partial charge >= 0.3 is 0 Å². The van der Waals surface area contributed by atoms with Crippen molar-refractivity contribution in [1.82, 2.24) is 5.32 Å². The van der Waals surface area contributed by atoms with Crippen molar-refractivity contribution in [2.45, 2.75) is 45.1 Å². The predicted octanol–water partition coefficient (Wildman–Crippen LogP) is 2.44. The second-order valence-corrected chi connectivity index (χ2v) is 5.38. The highest BCUT2D eigenvalue weighted by molar-refractivity contribution is 4.87. The monoisotopic (exact) mass is 211 g/mol. The van der Waals surface area contributed by atoms with Crippen LogP contribution >= 0.6 is 0 Å². The number of rotatable bonds is 5. The van der Waals surface area contributed by atoms with E-state index in [2.05, 4.69) is 19.3 Å². The maximum Gasteiger partial charge on any atom is 0.0468 e. The lowest BCUT2D eigenvalue weighted by Crippen LogP contribution is -2.36. The van der Waals surface area contributed by atoms with E-state index in [-0.39, 0.29) is 0 Å². The van der Waals surface area contributed by atoms with Crippen molar-refractivity contribution in [3.63, 3.8) is 0 Å². The van der Waals surface area contributed by atoms with Crippen molar-refractivity contribution in [3.8, 4) is 0 Å². The minimum atomic E-state index is 0.737. The van der Waals surface area contributed by atoms with E-state index in [1.165, 1.54) is 32.1 Å². The highest BCUT2D eigenvalue weighted by atomic mass is 16.5. The lowest BCUT2D eigenvalue weighted by atomic mass is 9.85. The fraction of sp³-hybridized carbons (Fsp3) is 1.00. The highest BCUT2D eigenvalue weighted by Crippen LogP contribution is 2.39. The molecule has 2 heteroatoms. The molecule has 2 nitrogen and oxygen atoms in total. The van der Waals surface area contributed by atoms with Crippen LogP contribution in [0, 0.1) is 17.8 Å². The molecule has 15 heavy (non-hydrogen) atoms. The quantitative estimate of drug-likeness (QED) is 0.754. The third-order valence-corrected chi connectivity index (χ3v) is 4.30. The molecule has 1 N–H and O–H groups in total. The van der Waals surface area contributed by atoms with Gasteiger partial charge in [0.05, 0.1) is 0 Å². The number of nitrogens with one attached hydrogen (secondary N) is 1. The first kappa shape index (κ1) is 11.4. The smallest absolute Gasteiger partial charge is 0.0468 e. The van der Waals surface area contributed by atoms with Crippen LogP contribution in [0.2, 0.25) is 0 Å². The lowest BCUT2D eigenvalue weighted by Gasteiger charge is -2.30. The molecule has 2 fully saturated rings. The molecule has 1 heterocycles. The Balaban J connectivity index is 1.77. The summed E-state index contributed by atoms with van der Waals surface area (Å²) in [5.74, 6) is 2.79. The molecule has 0 spiro atoms. The van der Waals surface area contributed by atoms with Gasteiger partial charge in [0.2, 0.25) is 0 Å². The van der Waals surface area contributed by atoms with Crippen LogP contribution in [-0.4, -0.2) is 26.3 Å². The summed E-state index contributed by atoms with van der Waals surface area (Å²) in [6.45, 7) is 4.40. The summed E-state index contributed by atoms with van der Waals surface area (Å²) in [4.78, 5) is 0. The van der Waals surface area contributed by atoms with E-state index >= 15 is 0 Å². The van der Waals surface area contributed by atoms with E-state index in [1.54, 1.807) is 0 Å². The maximum atomic E-state index is 5.41. The Morgan fingerprint density at radius 3 is 2.40 bits per heavy atom. The van der Waals surface area contributed by atoms with Crippen LogP contribution in [0.15, 0.2) is 0 Å². The van der Waals surface area contributed by atoms with Gasteiger partial charge in [-0.05, 0) is 56.9 Å². The summed E-state index contributed by atoms with van der Waals surface area (Å²) in [6.07, 6.45) is 6.84. The molecule has 0 bridgehead atoms. The van der Waals surface area contributed by atoms with Gasteiger partial charge in [0.25, 0.3) is 0 Å². The summed E-state index contributed by atoms with van der Waals surface area (Å²) in [5.41, 5.74) is 0. The summed E-state index contributed by atoms with van der Waals surface area (Å²) >= 11 is 0. The number of hydrogen-bond donors (Lipinski definition) is 1. The zero-order chi connectivity index (χ0) is 10.7. The molecule has 0 aromatic carbocycles. The fourth-order valence-electron chi connectivity index (χ4n) is 2.89. The molecular weight excluding hydrogens is 186 g/mol. The van der Waals surface area contributed by atoms with Crippen LogP contribution in [0.25, 0.3) is 0 Å². The number of ether oxygens (including phenoxy) is 1. The van der Waals surface area contributed by atoms with Crippen molar-refractivity contribution < 1.29 is 4.74 Å². The SMILES string of the molecule is CNC(CC1CCOCC1)C(C)C1CC1. The van der Waals surface area contributed by atoms with Gasteiger partial charge in [-0.25, -0.2) is 0 Å². The molecule has 2 aliphatic rings. The first-order valence-corrected chi connectivity index (χ1v) is 6.56. The summed E-state index contributed by atoms with van der Waals surface area (Å²) in [7, 11) is 2.13. The van der Waals surface area contributed by atoms with Crippen LogP contribution in [0.5, 0.6) is 0 Å². The molecular formula is C13H25NO. The van der Waals surface area contributed by atoms with Crippen LogP contribution in [0.1, 0.15) is 39.0 Å². The first-order chi connectivity index (χ1) is 7.31. The van der Waals surface area contributed by atoms with Crippen molar-refractivity contribution in [2.24, 2.45) is 17.8 Å². The maximum absolute atomic E-state index is 5.41. The Kier molecular flexibility index (Phi) is 4.04. The van der Waals surface area contributed by atoms with Gasteiger partial charge in [-0.3, -0.25) is 0 Å². The van der Waals surface area contributed by atoms with Crippen LogP contribution < -0.4 is 5.32 Å². The van der Waals surface area contributed by atoms with Crippen LogP contribution in [0.4, 0.5) is 0 Å². The van der Waals surface area contributed by atoms with Gasteiger partial charge < -0.3 is 10.1 Å². The van der Waals surface area contributed by atoms with Gasteiger partial charge in [-0.1, -0.05) is 6.92 Å².